The molecular weight excluding hydrogens is 266 g/mol. The predicted molar refractivity (Wildman–Crippen MR) is 75.0 cm³/mol. The van der Waals surface area contributed by atoms with E-state index >= 15 is 0 Å². The second-order valence-electron chi connectivity index (χ2n) is 4.69. The molecule has 0 aliphatic carbocycles. The molecule has 0 aromatic carbocycles. The number of carbonyl (C=O) groups excluding carboxylic acids is 1. The molecule has 7 heteroatoms. The summed E-state index contributed by atoms with van der Waals surface area (Å²) in [5.74, 6) is 5.42. The number of hydrogen-bond acceptors (Lipinski definition) is 5. The largest absolute Gasteiger partial charge is 0.350 e. The molecule has 19 heavy (non-hydrogen) atoms. The van der Waals surface area contributed by atoms with Crippen molar-refractivity contribution in [3.8, 4) is 0 Å². The summed E-state index contributed by atoms with van der Waals surface area (Å²) in [5.41, 5.74) is 2.80. The Morgan fingerprint density at radius 2 is 2.47 bits per heavy atom. The lowest BCUT2D eigenvalue weighted by atomic mass is 10.2. The molecule has 0 radical (unpaired) electrons. The van der Waals surface area contributed by atoms with Gasteiger partial charge < -0.3 is 15.6 Å². The van der Waals surface area contributed by atoms with Crippen molar-refractivity contribution in [1.82, 2.24) is 15.2 Å². The Morgan fingerprint density at radius 1 is 1.68 bits per heavy atom. The van der Waals surface area contributed by atoms with Crippen LogP contribution < -0.4 is 16.6 Å². The molecule has 0 bridgehead atoms. The maximum absolute atomic E-state index is 12.0. The Bertz CT molecular complexity index is 467. The third-order valence-electron chi connectivity index (χ3n) is 3.41. The van der Waals surface area contributed by atoms with Crippen LogP contribution in [-0.2, 0) is 0 Å². The number of pyridine rings is 1. The number of anilines is 1. The van der Waals surface area contributed by atoms with Crippen molar-refractivity contribution in [3.05, 3.63) is 22.8 Å². The minimum absolute atomic E-state index is 0.168. The van der Waals surface area contributed by atoms with Gasteiger partial charge in [0.05, 0.1) is 10.6 Å². The Hall–Kier alpha value is -1.37. The van der Waals surface area contributed by atoms with Crippen LogP contribution in [0.1, 0.15) is 23.2 Å². The highest BCUT2D eigenvalue weighted by atomic mass is 35.5. The third kappa shape index (κ3) is 3.34. The van der Waals surface area contributed by atoms with E-state index in [0.717, 1.165) is 13.0 Å². The van der Waals surface area contributed by atoms with Crippen molar-refractivity contribution in [2.45, 2.75) is 18.9 Å². The molecule has 2 heterocycles. The second-order valence-corrected chi connectivity index (χ2v) is 5.09. The number of carbonyl (C=O) groups is 1. The van der Waals surface area contributed by atoms with Crippen molar-refractivity contribution >= 4 is 23.3 Å². The number of halogens is 1. The van der Waals surface area contributed by atoms with E-state index in [1.165, 1.54) is 12.6 Å². The molecule has 1 amide bonds. The number of hydrogen-bond donors (Lipinski definition) is 3. The molecule has 2 rings (SSSR count). The van der Waals surface area contributed by atoms with Gasteiger partial charge in [-0.3, -0.25) is 4.79 Å². The summed E-state index contributed by atoms with van der Waals surface area (Å²) in [6.45, 7) is 1.73. The van der Waals surface area contributed by atoms with E-state index in [4.69, 9.17) is 17.4 Å². The first-order chi connectivity index (χ1) is 9.11. The average molecular weight is 284 g/mol. The molecule has 4 N–H and O–H groups in total. The monoisotopic (exact) mass is 283 g/mol. The first kappa shape index (κ1) is 14.0. The maximum Gasteiger partial charge on any atom is 0.252 e. The smallest absolute Gasteiger partial charge is 0.252 e. The molecule has 104 valence electrons. The normalized spacial score (nSPS) is 19.4. The molecule has 0 spiro atoms. The van der Waals surface area contributed by atoms with Gasteiger partial charge in [-0.1, -0.05) is 11.6 Å². The molecule has 1 aromatic heterocycles. The predicted octanol–water partition coefficient (Wildman–Crippen LogP) is 0.845. The van der Waals surface area contributed by atoms with Crippen LogP contribution in [-0.4, -0.2) is 42.0 Å². The fraction of sp³-hybridized carbons (Fsp3) is 0.500. The summed E-state index contributed by atoms with van der Waals surface area (Å²) in [6.07, 6.45) is 3.75. The number of amides is 1. The Kier molecular flexibility index (Phi) is 4.57. The molecule has 1 aromatic rings. The van der Waals surface area contributed by atoms with Gasteiger partial charge in [0.1, 0.15) is 0 Å². The van der Waals surface area contributed by atoms with Gasteiger partial charge in [-0.2, -0.15) is 0 Å². The van der Waals surface area contributed by atoms with Crippen LogP contribution >= 0.6 is 11.6 Å². The topological polar surface area (TPSA) is 83.3 Å². The average Bonchev–Trinajstić information content (AvgIpc) is 2.81. The summed E-state index contributed by atoms with van der Waals surface area (Å²) in [5, 5.41) is 3.23. The van der Waals surface area contributed by atoms with Gasteiger partial charge >= 0.3 is 0 Å². The maximum atomic E-state index is 12.0. The van der Waals surface area contributed by atoms with Crippen LogP contribution in [0.25, 0.3) is 0 Å². The van der Waals surface area contributed by atoms with Crippen LogP contribution in [0.5, 0.6) is 0 Å². The number of rotatable bonds is 4. The first-order valence-electron chi connectivity index (χ1n) is 6.22. The lowest BCUT2D eigenvalue weighted by Gasteiger charge is -2.19. The third-order valence-corrected chi connectivity index (χ3v) is 3.70. The van der Waals surface area contributed by atoms with Gasteiger partial charge in [-0.25, -0.2) is 10.8 Å². The fourth-order valence-corrected chi connectivity index (χ4v) is 2.44. The van der Waals surface area contributed by atoms with Gasteiger partial charge in [-0.15, -0.1) is 0 Å². The molecule has 1 atom stereocenters. The summed E-state index contributed by atoms with van der Waals surface area (Å²) in [4.78, 5) is 18.2. The highest BCUT2D eigenvalue weighted by molar-refractivity contribution is 6.33. The molecular formula is C12H18ClN5O. The van der Waals surface area contributed by atoms with Crippen molar-refractivity contribution in [1.29, 1.82) is 0 Å². The molecule has 0 saturated carbocycles. The summed E-state index contributed by atoms with van der Waals surface area (Å²) >= 11 is 5.93. The number of nitrogen functional groups attached to an aromatic ring is 1. The Morgan fingerprint density at radius 3 is 3.05 bits per heavy atom. The minimum Gasteiger partial charge on any atom is -0.350 e. The van der Waals surface area contributed by atoms with E-state index < -0.39 is 0 Å². The summed E-state index contributed by atoms with van der Waals surface area (Å²) in [7, 11) is 2.07. The van der Waals surface area contributed by atoms with Crippen LogP contribution in [0.2, 0.25) is 5.02 Å². The van der Waals surface area contributed by atoms with E-state index in [1.54, 1.807) is 6.07 Å². The van der Waals surface area contributed by atoms with Crippen LogP contribution in [0.4, 0.5) is 5.82 Å². The van der Waals surface area contributed by atoms with E-state index in [9.17, 15) is 4.79 Å². The standard InChI is InChI=1S/C12H18ClN5O/c1-18-4-2-3-9(18)7-16-12(19)8-5-10(13)11(17-14)15-6-8/h5-6,9H,2-4,7,14H2,1H3,(H,15,17)(H,16,19). The Labute approximate surface area is 117 Å². The van der Waals surface area contributed by atoms with Gasteiger partial charge in [-0.05, 0) is 32.5 Å². The van der Waals surface area contributed by atoms with Gasteiger partial charge in [0.15, 0.2) is 5.82 Å². The van der Waals surface area contributed by atoms with E-state index in [-0.39, 0.29) is 5.91 Å². The number of likely N-dealkylation sites (N-methyl/N-ethyl adjacent to an activating group) is 1. The molecule has 1 fully saturated rings. The van der Waals surface area contributed by atoms with Gasteiger partial charge in [0.2, 0.25) is 0 Å². The summed E-state index contributed by atoms with van der Waals surface area (Å²) < 4.78 is 0. The first-order valence-corrected chi connectivity index (χ1v) is 6.60. The number of nitrogens with two attached hydrogens (primary N) is 1. The molecule has 1 aliphatic heterocycles. The zero-order valence-corrected chi connectivity index (χ0v) is 11.6. The zero-order valence-electron chi connectivity index (χ0n) is 10.8. The van der Waals surface area contributed by atoms with Crippen molar-refractivity contribution < 1.29 is 4.79 Å². The lowest BCUT2D eigenvalue weighted by Crippen LogP contribution is -2.38. The van der Waals surface area contributed by atoms with Crippen LogP contribution in [0.3, 0.4) is 0 Å². The number of nitrogens with zero attached hydrogens (tertiary/aromatic N) is 2. The van der Waals surface area contributed by atoms with Gasteiger partial charge in [0.25, 0.3) is 5.91 Å². The van der Waals surface area contributed by atoms with E-state index in [2.05, 4.69) is 27.7 Å². The zero-order chi connectivity index (χ0) is 13.8. The van der Waals surface area contributed by atoms with Crippen molar-refractivity contribution in [2.24, 2.45) is 5.84 Å². The number of aromatic nitrogens is 1. The fourth-order valence-electron chi connectivity index (χ4n) is 2.22. The highest BCUT2D eigenvalue weighted by Crippen LogP contribution is 2.19. The van der Waals surface area contributed by atoms with Crippen LogP contribution in [0, 0.1) is 0 Å². The molecule has 1 saturated heterocycles. The number of likely N-dealkylation sites (tertiary alicyclic amines) is 1. The minimum atomic E-state index is -0.168. The molecule has 1 aliphatic rings. The van der Waals surface area contributed by atoms with E-state index in [0.29, 0.717) is 29.0 Å². The quantitative estimate of drug-likeness (QED) is 0.563. The number of hydrazine groups is 1. The van der Waals surface area contributed by atoms with Crippen molar-refractivity contribution in [2.75, 3.05) is 25.6 Å². The number of nitrogens with one attached hydrogen (secondary N) is 2. The Balaban J connectivity index is 1.94. The SMILES string of the molecule is CN1CCCC1CNC(=O)c1cnc(NN)c(Cl)c1. The van der Waals surface area contributed by atoms with Gasteiger partial charge in [0, 0.05) is 18.8 Å². The highest BCUT2D eigenvalue weighted by Gasteiger charge is 2.21. The second kappa shape index (κ2) is 6.18. The van der Waals surface area contributed by atoms with E-state index in [1.807, 2.05) is 0 Å². The lowest BCUT2D eigenvalue weighted by molar-refractivity contribution is 0.0943. The summed E-state index contributed by atoms with van der Waals surface area (Å²) in [6, 6.07) is 1.97. The molecule has 1 unspecified atom stereocenters. The molecule has 6 nitrogen and oxygen atoms in total. The van der Waals surface area contributed by atoms with Crippen LogP contribution in [0.15, 0.2) is 12.3 Å². The van der Waals surface area contributed by atoms with Crippen molar-refractivity contribution in [3.63, 3.8) is 0 Å².